The van der Waals surface area contributed by atoms with Gasteiger partial charge in [0.1, 0.15) is 12.7 Å². The topological polar surface area (TPSA) is 54.4 Å². The molecule has 166 valence electrons. The normalized spacial score (nSPS) is 16.4. The maximum absolute atomic E-state index is 10.3. The van der Waals surface area contributed by atoms with Crippen molar-refractivity contribution in [2.75, 3.05) is 60.2 Å². The number of aliphatic hydroxyl groups excluding tert-OH is 1. The molecule has 1 fully saturated rings. The maximum Gasteiger partial charge on any atom is 0.161 e. The Bertz CT molecular complexity index is 574. The number of likely N-dealkylation sites (N-methyl/N-ethyl adjacent to an activating group) is 1. The van der Waals surface area contributed by atoms with Crippen LogP contribution in [0.5, 0.6) is 11.5 Å². The molecule has 6 nitrogen and oxygen atoms in total. The summed E-state index contributed by atoms with van der Waals surface area (Å²) in [5.41, 5.74) is 1.19. The van der Waals surface area contributed by atoms with Gasteiger partial charge in [0.2, 0.25) is 0 Å². The average molecular weight is 409 g/mol. The monoisotopic (exact) mass is 408 g/mol. The third-order valence-electron chi connectivity index (χ3n) is 5.74. The Kier molecular flexibility index (Phi) is 10.8. The lowest BCUT2D eigenvalue weighted by Crippen LogP contribution is -2.35. The molecule has 1 aliphatic rings. The third kappa shape index (κ3) is 8.51. The quantitative estimate of drug-likeness (QED) is 0.541. The Morgan fingerprint density at radius 3 is 2.55 bits per heavy atom. The molecule has 0 saturated carbocycles. The molecular weight excluding hydrogens is 368 g/mol. The van der Waals surface area contributed by atoms with Gasteiger partial charge in [-0.25, -0.2) is 0 Å². The van der Waals surface area contributed by atoms with E-state index in [2.05, 4.69) is 36.8 Å². The van der Waals surface area contributed by atoms with E-state index >= 15 is 0 Å². The molecule has 1 saturated heterocycles. The molecule has 1 aromatic carbocycles. The van der Waals surface area contributed by atoms with Gasteiger partial charge >= 0.3 is 0 Å². The molecule has 0 unspecified atom stereocenters. The molecule has 0 aromatic heterocycles. The van der Waals surface area contributed by atoms with Gasteiger partial charge in [-0.05, 0) is 69.6 Å². The number of methoxy groups -OCH3 is 1. The molecular formula is C23H40N2O4. The number of hydrogen-bond acceptors (Lipinski definition) is 6. The van der Waals surface area contributed by atoms with Crippen molar-refractivity contribution < 1.29 is 19.3 Å². The molecule has 0 amide bonds. The van der Waals surface area contributed by atoms with Crippen LogP contribution in [0.2, 0.25) is 0 Å². The molecule has 6 heteroatoms. The molecule has 0 radical (unpaired) electrons. The van der Waals surface area contributed by atoms with Crippen molar-refractivity contribution in [3.8, 4) is 11.5 Å². The van der Waals surface area contributed by atoms with Gasteiger partial charge in [-0.1, -0.05) is 19.9 Å². The lowest BCUT2D eigenvalue weighted by molar-refractivity contribution is 0.0608. The molecule has 29 heavy (non-hydrogen) atoms. The minimum absolute atomic E-state index is 0.260. The summed E-state index contributed by atoms with van der Waals surface area (Å²) in [5.74, 6) is 2.18. The second-order valence-electron chi connectivity index (χ2n) is 8.02. The van der Waals surface area contributed by atoms with Crippen LogP contribution in [0.4, 0.5) is 0 Å². The van der Waals surface area contributed by atoms with E-state index in [1.807, 2.05) is 12.1 Å². The SMILES string of the molecule is CCN(CC)C[C@H](O)COc1cc(CN(C)CCC2CCOCC2)ccc1OC. The zero-order valence-corrected chi connectivity index (χ0v) is 18.7. The Hall–Kier alpha value is -1.34. The van der Waals surface area contributed by atoms with E-state index in [1.165, 1.54) is 24.8 Å². The minimum atomic E-state index is -0.523. The fraction of sp³-hybridized carbons (Fsp3) is 0.739. The highest BCUT2D eigenvalue weighted by molar-refractivity contribution is 5.43. The van der Waals surface area contributed by atoms with E-state index in [1.54, 1.807) is 7.11 Å². The van der Waals surface area contributed by atoms with Crippen molar-refractivity contribution >= 4 is 0 Å². The van der Waals surface area contributed by atoms with Crippen molar-refractivity contribution in [3.63, 3.8) is 0 Å². The maximum atomic E-state index is 10.3. The summed E-state index contributed by atoms with van der Waals surface area (Å²) in [6.45, 7) is 10.7. The Morgan fingerprint density at radius 2 is 1.90 bits per heavy atom. The predicted octanol–water partition coefficient (Wildman–Crippen LogP) is 3.03. The standard InChI is InChI=1S/C23H40N2O4/c1-5-25(6-2)17-21(26)18-29-23-15-20(7-8-22(23)27-4)16-24(3)12-9-19-10-13-28-14-11-19/h7-8,15,19,21,26H,5-6,9-14,16-18H2,1-4H3/t21-/m0/s1. The highest BCUT2D eigenvalue weighted by Crippen LogP contribution is 2.29. The molecule has 1 atom stereocenters. The van der Waals surface area contributed by atoms with Crippen LogP contribution in [-0.4, -0.2) is 81.2 Å². The summed E-state index contributed by atoms with van der Waals surface area (Å²) < 4.78 is 16.8. The number of aliphatic hydroxyl groups is 1. The van der Waals surface area contributed by atoms with E-state index in [-0.39, 0.29) is 6.61 Å². The Labute approximate surface area is 176 Å². The second kappa shape index (κ2) is 13.1. The predicted molar refractivity (Wildman–Crippen MR) is 117 cm³/mol. The largest absolute Gasteiger partial charge is 0.493 e. The van der Waals surface area contributed by atoms with Crippen LogP contribution in [0, 0.1) is 5.92 Å². The first-order valence-electron chi connectivity index (χ1n) is 11.0. The van der Waals surface area contributed by atoms with Crippen LogP contribution in [0.25, 0.3) is 0 Å². The summed E-state index contributed by atoms with van der Waals surface area (Å²) in [4.78, 5) is 4.55. The van der Waals surface area contributed by atoms with E-state index in [4.69, 9.17) is 14.2 Å². The molecule has 2 rings (SSSR count). The van der Waals surface area contributed by atoms with E-state index in [9.17, 15) is 5.11 Å². The van der Waals surface area contributed by atoms with Gasteiger partial charge in [-0.2, -0.15) is 0 Å². The number of hydrogen-bond donors (Lipinski definition) is 1. The van der Waals surface area contributed by atoms with Crippen molar-refractivity contribution in [1.82, 2.24) is 9.80 Å². The van der Waals surface area contributed by atoms with Gasteiger partial charge in [0, 0.05) is 26.3 Å². The average Bonchev–Trinajstić information content (AvgIpc) is 2.75. The number of rotatable bonds is 13. The van der Waals surface area contributed by atoms with Crippen LogP contribution in [0.3, 0.4) is 0 Å². The minimum Gasteiger partial charge on any atom is -0.493 e. The number of nitrogens with zero attached hydrogens (tertiary/aromatic N) is 2. The van der Waals surface area contributed by atoms with E-state index in [0.717, 1.165) is 45.3 Å². The smallest absolute Gasteiger partial charge is 0.161 e. The van der Waals surface area contributed by atoms with Gasteiger partial charge in [0.05, 0.1) is 7.11 Å². The molecule has 0 spiro atoms. The van der Waals surface area contributed by atoms with Crippen LogP contribution in [0.1, 0.15) is 38.7 Å². The van der Waals surface area contributed by atoms with Crippen LogP contribution in [0.15, 0.2) is 18.2 Å². The summed E-state index contributed by atoms with van der Waals surface area (Å²) >= 11 is 0. The highest BCUT2D eigenvalue weighted by Gasteiger charge is 2.15. The number of ether oxygens (including phenoxy) is 3. The van der Waals surface area contributed by atoms with Crippen molar-refractivity contribution in [3.05, 3.63) is 23.8 Å². The summed E-state index contributed by atoms with van der Waals surface area (Å²) in [7, 11) is 3.81. The summed E-state index contributed by atoms with van der Waals surface area (Å²) in [6, 6.07) is 6.07. The Balaban J connectivity index is 1.86. The summed E-state index contributed by atoms with van der Waals surface area (Å²) in [6.07, 6.45) is 3.07. The Morgan fingerprint density at radius 1 is 1.17 bits per heavy atom. The molecule has 1 N–H and O–H groups in total. The lowest BCUT2D eigenvalue weighted by atomic mass is 9.96. The molecule has 0 aliphatic carbocycles. The first kappa shape index (κ1) is 23.9. The molecule has 0 bridgehead atoms. The van der Waals surface area contributed by atoms with Crippen molar-refractivity contribution in [2.45, 2.75) is 45.8 Å². The fourth-order valence-electron chi connectivity index (χ4n) is 3.78. The zero-order valence-electron chi connectivity index (χ0n) is 18.7. The van der Waals surface area contributed by atoms with Crippen LogP contribution >= 0.6 is 0 Å². The fourth-order valence-corrected chi connectivity index (χ4v) is 3.78. The molecule has 1 aliphatic heterocycles. The van der Waals surface area contributed by atoms with Crippen molar-refractivity contribution in [1.29, 1.82) is 0 Å². The van der Waals surface area contributed by atoms with Crippen molar-refractivity contribution in [2.24, 2.45) is 5.92 Å². The zero-order chi connectivity index (χ0) is 21.1. The second-order valence-corrected chi connectivity index (χ2v) is 8.02. The number of benzene rings is 1. The highest BCUT2D eigenvalue weighted by atomic mass is 16.5. The molecule has 1 aromatic rings. The molecule has 1 heterocycles. The van der Waals surface area contributed by atoms with Crippen LogP contribution < -0.4 is 9.47 Å². The summed E-state index contributed by atoms with van der Waals surface area (Å²) in [5, 5.41) is 10.3. The van der Waals surface area contributed by atoms with E-state index < -0.39 is 6.10 Å². The van der Waals surface area contributed by atoms with Gasteiger partial charge < -0.3 is 29.1 Å². The first-order chi connectivity index (χ1) is 14.0. The third-order valence-corrected chi connectivity index (χ3v) is 5.74. The van der Waals surface area contributed by atoms with Gasteiger partial charge in [0.25, 0.3) is 0 Å². The van der Waals surface area contributed by atoms with Gasteiger partial charge in [-0.15, -0.1) is 0 Å². The van der Waals surface area contributed by atoms with Gasteiger partial charge in [0.15, 0.2) is 11.5 Å². The first-order valence-corrected chi connectivity index (χ1v) is 11.0. The van der Waals surface area contributed by atoms with Crippen LogP contribution in [-0.2, 0) is 11.3 Å². The lowest BCUT2D eigenvalue weighted by Gasteiger charge is -2.25. The van der Waals surface area contributed by atoms with Gasteiger partial charge in [-0.3, -0.25) is 0 Å². The van der Waals surface area contributed by atoms with E-state index in [0.29, 0.717) is 18.0 Å².